The van der Waals surface area contributed by atoms with Crippen LogP contribution in [0.3, 0.4) is 0 Å². The summed E-state index contributed by atoms with van der Waals surface area (Å²) in [6, 6.07) is 0. The molecule has 0 unspecified atom stereocenters. The number of carbonyl (C=O) groups is 1. The summed E-state index contributed by atoms with van der Waals surface area (Å²) in [7, 11) is 1.96. The van der Waals surface area contributed by atoms with Crippen molar-refractivity contribution in [1.29, 1.82) is 0 Å². The molecule has 15 heavy (non-hydrogen) atoms. The van der Waals surface area contributed by atoms with Crippen LogP contribution in [-0.4, -0.2) is 38.3 Å². The van der Waals surface area contributed by atoms with Crippen LogP contribution in [0.15, 0.2) is 0 Å². The molecule has 0 aliphatic carbocycles. The van der Waals surface area contributed by atoms with E-state index in [9.17, 15) is 4.79 Å². The highest BCUT2D eigenvalue weighted by atomic mass is 16.5. The summed E-state index contributed by atoms with van der Waals surface area (Å²) >= 11 is 0. The second kappa shape index (κ2) is 6.08. The Morgan fingerprint density at radius 3 is 2.60 bits per heavy atom. The van der Waals surface area contributed by atoms with E-state index < -0.39 is 0 Å². The molecule has 0 aromatic heterocycles. The van der Waals surface area contributed by atoms with Crippen molar-refractivity contribution in [1.82, 2.24) is 10.6 Å². The van der Waals surface area contributed by atoms with Gasteiger partial charge < -0.3 is 15.4 Å². The molecule has 1 fully saturated rings. The topological polar surface area (TPSA) is 50.4 Å². The molecule has 0 aromatic rings. The first-order chi connectivity index (χ1) is 7.22. The lowest BCUT2D eigenvalue weighted by molar-refractivity contribution is -0.121. The zero-order chi connectivity index (χ0) is 11.1. The van der Waals surface area contributed by atoms with Crippen molar-refractivity contribution >= 4 is 5.91 Å². The van der Waals surface area contributed by atoms with Crippen molar-refractivity contribution in [2.24, 2.45) is 0 Å². The van der Waals surface area contributed by atoms with Crippen molar-refractivity contribution in [2.45, 2.75) is 38.1 Å². The Kier molecular flexibility index (Phi) is 5.05. The molecule has 0 saturated carbocycles. The van der Waals surface area contributed by atoms with Gasteiger partial charge in [-0.3, -0.25) is 4.79 Å². The maximum absolute atomic E-state index is 11.4. The van der Waals surface area contributed by atoms with Crippen LogP contribution in [0.1, 0.15) is 32.6 Å². The van der Waals surface area contributed by atoms with Crippen molar-refractivity contribution in [3.05, 3.63) is 0 Å². The first-order valence-corrected chi connectivity index (χ1v) is 5.76. The largest absolute Gasteiger partial charge is 0.381 e. The summed E-state index contributed by atoms with van der Waals surface area (Å²) in [6.45, 7) is 4.29. The number of carbonyl (C=O) groups excluding carboxylic acids is 1. The summed E-state index contributed by atoms with van der Waals surface area (Å²) in [5.41, 5.74) is 0.0433. The predicted octanol–water partition coefficient (Wildman–Crippen LogP) is 0.671. The van der Waals surface area contributed by atoms with Crippen molar-refractivity contribution < 1.29 is 9.53 Å². The molecule has 0 spiro atoms. The third kappa shape index (κ3) is 3.80. The Labute approximate surface area is 91.8 Å². The van der Waals surface area contributed by atoms with E-state index in [0.29, 0.717) is 13.0 Å². The van der Waals surface area contributed by atoms with Gasteiger partial charge in [0.2, 0.25) is 5.91 Å². The quantitative estimate of drug-likeness (QED) is 0.707. The fourth-order valence-electron chi connectivity index (χ4n) is 1.86. The molecule has 2 N–H and O–H groups in total. The minimum atomic E-state index is 0.0433. The van der Waals surface area contributed by atoms with Gasteiger partial charge in [-0.25, -0.2) is 0 Å². The molecule has 88 valence electrons. The Morgan fingerprint density at radius 1 is 1.40 bits per heavy atom. The number of hydrogen-bond donors (Lipinski definition) is 2. The Balaban J connectivity index is 2.35. The van der Waals surface area contributed by atoms with Gasteiger partial charge in [-0.05, 0) is 26.3 Å². The lowest BCUT2D eigenvalue weighted by Crippen LogP contribution is -2.55. The van der Waals surface area contributed by atoms with Crippen LogP contribution in [0.25, 0.3) is 0 Å². The Hall–Kier alpha value is -0.610. The van der Waals surface area contributed by atoms with E-state index in [1.807, 2.05) is 14.0 Å². The van der Waals surface area contributed by atoms with E-state index in [2.05, 4.69) is 10.6 Å². The highest BCUT2D eigenvalue weighted by Crippen LogP contribution is 2.19. The minimum absolute atomic E-state index is 0.0433. The van der Waals surface area contributed by atoms with E-state index in [0.717, 1.165) is 32.5 Å². The van der Waals surface area contributed by atoms with Gasteiger partial charge in [0.25, 0.3) is 0 Å². The van der Waals surface area contributed by atoms with E-state index in [1.165, 1.54) is 0 Å². The molecule has 4 heteroatoms. The fourth-order valence-corrected chi connectivity index (χ4v) is 1.86. The van der Waals surface area contributed by atoms with Gasteiger partial charge in [0.1, 0.15) is 0 Å². The first kappa shape index (κ1) is 12.5. The molecular weight excluding hydrogens is 192 g/mol. The van der Waals surface area contributed by atoms with E-state index in [1.54, 1.807) is 0 Å². The number of likely N-dealkylation sites (N-methyl/N-ethyl adjacent to an activating group) is 1. The van der Waals surface area contributed by atoms with Gasteiger partial charge in [0, 0.05) is 31.7 Å². The molecular formula is C11H22N2O2. The minimum Gasteiger partial charge on any atom is -0.381 e. The van der Waals surface area contributed by atoms with Gasteiger partial charge in [0.15, 0.2) is 0 Å². The van der Waals surface area contributed by atoms with Crippen LogP contribution in [0.2, 0.25) is 0 Å². The summed E-state index contributed by atoms with van der Waals surface area (Å²) in [5.74, 6) is 0.151. The molecule has 1 amide bonds. The molecule has 4 nitrogen and oxygen atoms in total. The summed E-state index contributed by atoms with van der Waals surface area (Å²) in [5, 5.41) is 6.31. The van der Waals surface area contributed by atoms with Gasteiger partial charge in [-0.15, -0.1) is 0 Å². The fraction of sp³-hybridized carbons (Fsp3) is 0.909. The van der Waals surface area contributed by atoms with Crippen LogP contribution in [0, 0.1) is 0 Å². The SMILES string of the molecule is CCCC(=O)NCC1(NC)CCOCC1. The summed E-state index contributed by atoms with van der Waals surface area (Å²) in [4.78, 5) is 11.4. The number of amides is 1. The molecule has 1 rings (SSSR count). The third-order valence-electron chi connectivity index (χ3n) is 3.08. The van der Waals surface area contributed by atoms with Gasteiger partial charge in [-0.1, -0.05) is 6.92 Å². The van der Waals surface area contributed by atoms with Crippen LogP contribution < -0.4 is 10.6 Å². The average Bonchev–Trinajstić information content (AvgIpc) is 2.28. The summed E-state index contributed by atoms with van der Waals surface area (Å²) < 4.78 is 5.33. The van der Waals surface area contributed by atoms with Gasteiger partial charge >= 0.3 is 0 Å². The van der Waals surface area contributed by atoms with Crippen molar-refractivity contribution in [2.75, 3.05) is 26.8 Å². The third-order valence-corrected chi connectivity index (χ3v) is 3.08. The average molecular weight is 214 g/mol. The second-order valence-electron chi connectivity index (χ2n) is 4.17. The molecule has 1 aliphatic rings. The normalized spacial score (nSPS) is 19.9. The highest BCUT2D eigenvalue weighted by Gasteiger charge is 2.30. The maximum Gasteiger partial charge on any atom is 0.220 e. The van der Waals surface area contributed by atoms with Crippen LogP contribution in [-0.2, 0) is 9.53 Å². The molecule has 1 saturated heterocycles. The summed E-state index contributed by atoms with van der Waals surface area (Å²) in [6.07, 6.45) is 3.46. The maximum atomic E-state index is 11.4. The Bertz CT molecular complexity index is 201. The number of hydrogen-bond acceptors (Lipinski definition) is 3. The lowest BCUT2D eigenvalue weighted by Gasteiger charge is -2.37. The number of nitrogens with one attached hydrogen (secondary N) is 2. The van der Waals surface area contributed by atoms with Crippen molar-refractivity contribution in [3.63, 3.8) is 0 Å². The zero-order valence-electron chi connectivity index (χ0n) is 9.77. The van der Waals surface area contributed by atoms with E-state index >= 15 is 0 Å². The van der Waals surface area contributed by atoms with Gasteiger partial charge in [-0.2, -0.15) is 0 Å². The monoisotopic (exact) mass is 214 g/mol. The van der Waals surface area contributed by atoms with Crippen LogP contribution >= 0.6 is 0 Å². The number of ether oxygens (including phenoxy) is 1. The second-order valence-corrected chi connectivity index (χ2v) is 4.17. The van der Waals surface area contributed by atoms with E-state index in [4.69, 9.17) is 4.74 Å². The lowest BCUT2D eigenvalue weighted by atomic mass is 9.90. The van der Waals surface area contributed by atoms with Gasteiger partial charge in [0.05, 0.1) is 0 Å². The molecule has 0 atom stereocenters. The highest BCUT2D eigenvalue weighted by molar-refractivity contribution is 5.75. The Morgan fingerprint density at radius 2 is 2.07 bits per heavy atom. The molecule has 0 radical (unpaired) electrons. The smallest absolute Gasteiger partial charge is 0.220 e. The molecule has 1 heterocycles. The standard InChI is InChI=1S/C11H22N2O2/c1-3-4-10(14)13-9-11(12-2)5-7-15-8-6-11/h12H,3-9H2,1-2H3,(H,13,14). The van der Waals surface area contributed by atoms with E-state index in [-0.39, 0.29) is 11.4 Å². The first-order valence-electron chi connectivity index (χ1n) is 5.76. The van der Waals surface area contributed by atoms with Crippen LogP contribution in [0.4, 0.5) is 0 Å². The number of rotatable bonds is 5. The molecule has 0 bridgehead atoms. The zero-order valence-corrected chi connectivity index (χ0v) is 9.77. The molecule has 0 aromatic carbocycles. The van der Waals surface area contributed by atoms with Crippen molar-refractivity contribution in [3.8, 4) is 0 Å². The molecule has 1 aliphatic heterocycles. The predicted molar refractivity (Wildman–Crippen MR) is 59.8 cm³/mol. The van der Waals surface area contributed by atoms with Crippen LogP contribution in [0.5, 0.6) is 0 Å².